The fourth-order valence-corrected chi connectivity index (χ4v) is 1.44. The molecule has 1 heterocycles. The Bertz CT molecular complexity index is 151. The Morgan fingerprint density at radius 2 is 2.33 bits per heavy atom. The highest BCUT2D eigenvalue weighted by molar-refractivity contribution is 5.83. The summed E-state index contributed by atoms with van der Waals surface area (Å²) in [5.41, 5.74) is 0. The zero-order valence-electron chi connectivity index (χ0n) is 7.88. The van der Waals surface area contributed by atoms with Crippen molar-refractivity contribution < 1.29 is 9.53 Å². The van der Waals surface area contributed by atoms with E-state index in [-0.39, 0.29) is 5.92 Å². The summed E-state index contributed by atoms with van der Waals surface area (Å²) in [4.78, 5) is 13.4. The zero-order chi connectivity index (χ0) is 8.97. The molecule has 0 amide bonds. The number of nitrogens with zero attached hydrogens (tertiary/aromatic N) is 1. The van der Waals surface area contributed by atoms with Gasteiger partial charge in [-0.1, -0.05) is 0 Å². The van der Waals surface area contributed by atoms with Gasteiger partial charge in [0.1, 0.15) is 0 Å². The maximum absolute atomic E-state index is 11.5. The van der Waals surface area contributed by atoms with Crippen molar-refractivity contribution in [1.82, 2.24) is 4.90 Å². The second-order valence-electron chi connectivity index (χ2n) is 3.62. The van der Waals surface area contributed by atoms with Crippen molar-refractivity contribution in [2.24, 2.45) is 5.92 Å². The van der Waals surface area contributed by atoms with E-state index in [4.69, 9.17) is 4.74 Å². The molecule has 0 aliphatic carbocycles. The van der Waals surface area contributed by atoms with Crippen molar-refractivity contribution in [3.63, 3.8) is 0 Å². The molecule has 70 valence electrons. The van der Waals surface area contributed by atoms with E-state index in [0.29, 0.717) is 18.9 Å². The smallest absolute Gasteiger partial charge is 0.152 e. The minimum absolute atomic E-state index is 0.154. The molecule has 1 atom stereocenters. The number of carbonyl (C=O) groups is 1. The first-order valence-electron chi connectivity index (χ1n) is 4.45. The average molecular weight is 171 g/mol. The SMILES string of the molecule is CN(C)CC(=O)C1CCCOC1. The first kappa shape index (κ1) is 9.68. The Morgan fingerprint density at radius 1 is 1.58 bits per heavy atom. The lowest BCUT2D eigenvalue weighted by molar-refractivity contribution is -0.127. The predicted octanol–water partition coefficient (Wildman–Crippen LogP) is 0.544. The van der Waals surface area contributed by atoms with Crippen LogP contribution in [0.4, 0.5) is 0 Å². The molecule has 1 aliphatic rings. The van der Waals surface area contributed by atoms with Crippen molar-refractivity contribution in [1.29, 1.82) is 0 Å². The van der Waals surface area contributed by atoms with Gasteiger partial charge in [0.15, 0.2) is 5.78 Å². The highest BCUT2D eigenvalue weighted by Gasteiger charge is 2.21. The third-order valence-electron chi connectivity index (χ3n) is 2.09. The van der Waals surface area contributed by atoms with Gasteiger partial charge in [0.2, 0.25) is 0 Å². The van der Waals surface area contributed by atoms with E-state index in [9.17, 15) is 4.79 Å². The molecule has 0 aromatic heterocycles. The molecule has 0 N–H and O–H groups in total. The molecule has 1 saturated heterocycles. The number of hydrogen-bond acceptors (Lipinski definition) is 3. The zero-order valence-corrected chi connectivity index (χ0v) is 7.88. The highest BCUT2D eigenvalue weighted by Crippen LogP contribution is 2.14. The number of hydrogen-bond donors (Lipinski definition) is 0. The summed E-state index contributed by atoms with van der Waals surface area (Å²) < 4.78 is 5.25. The highest BCUT2D eigenvalue weighted by atomic mass is 16.5. The predicted molar refractivity (Wildman–Crippen MR) is 47.1 cm³/mol. The van der Waals surface area contributed by atoms with Crippen LogP contribution in [0.3, 0.4) is 0 Å². The molecular weight excluding hydrogens is 154 g/mol. The maximum atomic E-state index is 11.5. The molecule has 3 heteroatoms. The first-order chi connectivity index (χ1) is 5.70. The topological polar surface area (TPSA) is 29.5 Å². The molecule has 1 rings (SSSR count). The van der Waals surface area contributed by atoms with Gasteiger partial charge in [-0.25, -0.2) is 0 Å². The van der Waals surface area contributed by atoms with Gasteiger partial charge in [0.05, 0.1) is 13.2 Å². The van der Waals surface area contributed by atoms with E-state index in [1.165, 1.54) is 0 Å². The number of carbonyl (C=O) groups excluding carboxylic acids is 1. The fraction of sp³-hybridized carbons (Fsp3) is 0.889. The standard InChI is InChI=1S/C9H17NO2/c1-10(2)6-9(11)8-4-3-5-12-7-8/h8H,3-7H2,1-2H3. The molecular formula is C9H17NO2. The van der Waals surface area contributed by atoms with Crippen molar-refractivity contribution in [2.45, 2.75) is 12.8 Å². The van der Waals surface area contributed by atoms with E-state index in [1.54, 1.807) is 0 Å². The molecule has 1 fully saturated rings. The Kier molecular flexibility index (Phi) is 3.69. The second kappa shape index (κ2) is 4.58. The molecule has 1 aliphatic heterocycles. The first-order valence-corrected chi connectivity index (χ1v) is 4.45. The van der Waals surface area contributed by atoms with Gasteiger partial charge in [-0.3, -0.25) is 4.79 Å². The van der Waals surface area contributed by atoms with Crippen LogP contribution in [0.25, 0.3) is 0 Å². The molecule has 0 bridgehead atoms. The average Bonchev–Trinajstić information content (AvgIpc) is 2.05. The summed E-state index contributed by atoms with van der Waals surface area (Å²) in [6, 6.07) is 0. The fourth-order valence-electron chi connectivity index (χ4n) is 1.44. The monoisotopic (exact) mass is 171 g/mol. The van der Waals surface area contributed by atoms with Gasteiger partial charge in [-0.2, -0.15) is 0 Å². The van der Waals surface area contributed by atoms with Crippen LogP contribution in [-0.4, -0.2) is 44.5 Å². The largest absolute Gasteiger partial charge is 0.381 e. The maximum Gasteiger partial charge on any atom is 0.152 e. The number of ether oxygens (including phenoxy) is 1. The third-order valence-corrected chi connectivity index (χ3v) is 2.09. The minimum atomic E-state index is 0.154. The molecule has 12 heavy (non-hydrogen) atoms. The summed E-state index contributed by atoms with van der Waals surface area (Å²) in [5, 5.41) is 0. The molecule has 0 spiro atoms. The summed E-state index contributed by atoms with van der Waals surface area (Å²) in [6.45, 7) is 2.01. The third kappa shape index (κ3) is 2.91. The lowest BCUT2D eigenvalue weighted by atomic mass is 9.97. The van der Waals surface area contributed by atoms with Gasteiger partial charge < -0.3 is 9.64 Å². The van der Waals surface area contributed by atoms with Crippen LogP contribution in [-0.2, 0) is 9.53 Å². The minimum Gasteiger partial charge on any atom is -0.381 e. The van der Waals surface area contributed by atoms with Gasteiger partial charge >= 0.3 is 0 Å². The molecule has 3 nitrogen and oxygen atoms in total. The van der Waals surface area contributed by atoms with Gasteiger partial charge in [0, 0.05) is 12.5 Å². The van der Waals surface area contributed by atoms with E-state index < -0.39 is 0 Å². The van der Waals surface area contributed by atoms with Crippen LogP contribution >= 0.6 is 0 Å². The van der Waals surface area contributed by atoms with Crippen LogP contribution < -0.4 is 0 Å². The van der Waals surface area contributed by atoms with Crippen LogP contribution in [0.2, 0.25) is 0 Å². The van der Waals surface area contributed by atoms with Gasteiger partial charge in [0.25, 0.3) is 0 Å². The van der Waals surface area contributed by atoms with Crippen LogP contribution in [0.1, 0.15) is 12.8 Å². The Labute approximate surface area is 73.7 Å². The second-order valence-corrected chi connectivity index (χ2v) is 3.62. The normalized spacial score (nSPS) is 24.4. The Hall–Kier alpha value is -0.410. The van der Waals surface area contributed by atoms with Gasteiger partial charge in [-0.15, -0.1) is 0 Å². The molecule has 0 aromatic carbocycles. The number of likely N-dealkylation sites (N-methyl/N-ethyl adjacent to an activating group) is 1. The molecule has 0 saturated carbocycles. The Morgan fingerprint density at radius 3 is 2.83 bits per heavy atom. The van der Waals surface area contributed by atoms with Crippen molar-refractivity contribution in [3.05, 3.63) is 0 Å². The molecule has 0 aromatic rings. The van der Waals surface area contributed by atoms with Gasteiger partial charge in [-0.05, 0) is 26.9 Å². The van der Waals surface area contributed by atoms with Crippen molar-refractivity contribution in [2.75, 3.05) is 33.9 Å². The summed E-state index contributed by atoms with van der Waals surface area (Å²) in [5.74, 6) is 0.473. The van der Waals surface area contributed by atoms with Crippen molar-refractivity contribution in [3.8, 4) is 0 Å². The lowest BCUT2D eigenvalue weighted by Crippen LogP contribution is -2.32. The summed E-state index contributed by atoms with van der Waals surface area (Å²) >= 11 is 0. The summed E-state index contributed by atoms with van der Waals surface area (Å²) in [6.07, 6.45) is 2.04. The number of rotatable bonds is 3. The number of Topliss-reactive ketones (excluding diaryl/α,β-unsaturated/α-hetero) is 1. The lowest BCUT2D eigenvalue weighted by Gasteiger charge is -2.22. The molecule has 1 unspecified atom stereocenters. The van der Waals surface area contributed by atoms with E-state index in [1.807, 2.05) is 19.0 Å². The molecule has 0 radical (unpaired) electrons. The van der Waals surface area contributed by atoms with Crippen LogP contribution in [0.5, 0.6) is 0 Å². The summed E-state index contributed by atoms with van der Waals surface area (Å²) in [7, 11) is 3.84. The van der Waals surface area contributed by atoms with Crippen molar-refractivity contribution >= 4 is 5.78 Å². The van der Waals surface area contributed by atoms with Crippen LogP contribution in [0.15, 0.2) is 0 Å². The quantitative estimate of drug-likeness (QED) is 0.621. The van der Waals surface area contributed by atoms with E-state index in [0.717, 1.165) is 19.4 Å². The Balaban J connectivity index is 2.30. The number of ketones is 1. The van der Waals surface area contributed by atoms with E-state index in [2.05, 4.69) is 0 Å². The van der Waals surface area contributed by atoms with E-state index >= 15 is 0 Å². The van der Waals surface area contributed by atoms with Crippen LogP contribution in [0, 0.1) is 5.92 Å².